The smallest absolute Gasteiger partial charge is 0.174 e. The Morgan fingerprint density at radius 3 is 1.43 bits per heavy atom. The van der Waals surface area contributed by atoms with E-state index in [0.717, 1.165) is 38.9 Å². The maximum absolute atomic E-state index is 14.3. The summed E-state index contributed by atoms with van der Waals surface area (Å²) in [7, 11) is 0. The summed E-state index contributed by atoms with van der Waals surface area (Å²) in [4.78, 5) is 0. The van der Waals surface area contributed by atoms with E-state index in [1.165, 1.54) is 36.4 Å². The first-order chi connectivity index (χ1) is 27.4. The Morgan fingerprint density at radius 2 is 0.911 bits per heavy atom. The molecule has 0 amide bonds. The van der Waals surface area contributed by atoms with Crippen molar-refractivity contribution in [2.45, 2.75) is 0 Å². The number of hydrogen-bond acceptors (Lipinski definition) is 6. The van der Waals surface area contributed by atoms with E-state index in [2.05, 4.69) is 20.5 Å². The third kappa shape index (κ3) is 6.38. The predicted molar refractivity (Wildman–Crippen MR) is 204 cm³/mol. The molecule has 0 unspecified atom stereocenters. The van der Waals surface area contributed by atoms with Crippen LogP contribution < -0.4 is 0 Å². The van der Waals surface area contributed by atoms with Crippen molar-refractivity contribution in [3.05, 3.63) is 181 Å². The first kappa shape index (κ1) is 34.2. The number of nitrogens with zero attached hydrogens (tertiary/aromatic N) is 6. The highest BCUT2D eigenvalue weighted by atomic mass is 19.1. The first-order valence-corrected chi connectivity index (χ1v) is 17.3. The molecule has 4 aromatic heterocycles. The highest BCUT2D eigenvalue weighted by Gasteiger charge is 2.18. The molecule has 8 nitrogen and oxygen atoms in total. The SMILES string of the molecule is Fc1ccc(-c2onc3ccc(-c4ccnn4-c4ccccc4F)cc23)cc1.Fc1cccc(-c2onc3ccc(-c4ccnn4-c4ccccc4F)cc23)c1. The minimum Gasteiger partial charge on any atom is -0.355 e. The first-order valence-electron chi connectivity index (χ1n) is 17.3. The fourth-order valence-electron chi connectivity index (χ4n) is 6.52. The molecule has 10 aromatic rings. The Bertz CT molecular complexity index is 3000. The van der Waals surface area contributed by atoms with E-state index in [1.54, 1.807) is 82.4 Å². The fourth-order valence-corrected chi connectivity index (χ4v) is 6.52. The molecule has 0 aliphatic rings. The van der Waals surface area contributed by atoms with Crippen LogP contribution in [0.5, 0.6) is 0 Å². The monoisotopic (exact) mass is 746 g/mol. The molecular formula is C44H26F4N6O2. The van der Waals surface area contributed by atoms with Crippen molar-refractivity contribution < 1.29 is 26.6 Å². The van der Waals surface area contributed by atoms with Crippen LogP contribution in [0.15, 0.2) is 167 Å². The van der Waals surface area contributed by atoms with Gasteiger partial charge in [0.05, 0.1) is 34.6 Å². The number of hydrogen-bond donors (Lipinski definition) is 0. The van der Waals surface area contributed by atoms with Gasteiger partial charge < -0.3 is 9.05 Å². The van der Waals surface area contributed by atoms with Gasteiger partial charge >= 0.3 is 0 Å². The van der Waals surface area contributed by atoms with Gasteiger partial charge in [0.1, 0.15) is 45.7 Å². The summed E-state index contributed by atoms with van der Waals surface area (Å²) >= 11 is 0. The molecular weight excluding hydrogens is 721 g/mol. The van der Waals surface area contributed by atoms with Crippen LogP contribution in [-0.4, -0.2) is 29.9 Å². The molecule has 0 atom stereocenters. The van der Waals surface area contributed by atoms with Gasteiger partial charge in [-0.25, -0.2) is 26.9 Å². The second kappa shape index (κ2) is 14.3. The van der Waals surface area contributed by atoms with Crippen LogP contribution in [-0.2, 0) is 0 Å². The van der Waals surface area contributed by atoms with Crippen molar-refractivity contribution >= 4 is 21.8 Å². The molecule has 0 spiro atoms. The predicted octanol–water partition coefficient (Wildman–Crippen LogP) is 11.3. The van der Waals surface area contributed by atoms with Gasteiger partial charge in [-0.3, -0.25) is 0 Å². The molecule has 12 heteroatoms. The lowest BCUT2D eigenvalue weighted by Gasteiger charge is -2.09. The summed E-state index contributed by atoms with van der Waals surface area (Å²) in [5.41, 5.74) is 6.49. The highest BCUT2D eigenvalue weighted by molar-refractivity contribution is 5.95. The third-order valence-corrected chi connectivity index (χ3v) is 9.18. The van der Waals surface area contributed by atoms with Crippen molar-refractivity contribution in [3.63, 3.8) is 0 Å². The largest absolute Gasteiger partial charge is 0.355 e. The molecule has 0 fully saturated rings. The summed E-state index contributed by atoms with van der Waals surface area (Å²) < 4.78 is 69.4. The summed E-state index contributed by atoms with van der Waals surface area (Å²) in [5, 5.41) is 18.2. The van der Waals surface area contributed by atoms with E-state index in [4.69, 9.17) is 9.05 Å². The van der Waals surface area contributed by atoms with E-state index in [-0.39, 0.29) is 23.3 Å². The molecule has 0 saturated heterocycles. The van der Waals surface area contributed by atoms with Crippen LogP contribution in [0.4, 0.5) is 17.6 Å². The molecule has 6 aromatic carbocycles. The van der Waals surface area contributed by atoms with E-state index in [1.807, 2.05) is 48.5 Å². The van der Waals surface area contributed by atoms with Gasteiger partial charge in [-0.2, -0.15) is 10.2 Å². The van der Waals surface area contributed by atoms with Crippen LogP contribution in [0, 0.1) is 23.3 Å². The Labute approximate surface area is 315 Å². The molecule has 0 aliphatic heterocycles. The number of aromatic nitrogens is 6. The molecule has 0 bridgehead atoms. The number of benzene rings is 6. The van der Waals surface area contributed by atoms with Crippen molar-refractivity contribution in [1.82, 2.24) is 29.9 Å². The van der Waals surface area contributed by atoms with Gasteiger partial charge in [-0.05, 0) is 97.1 Å². The van der Waals surface area contributed by atoms with E-state index in [0.29, 0.717) is 39.5 Å². The molecule has 272 valence electrons. The quantitative estimate of drug-likeness (QED) is 0.157. The molecule has 56 heavy (non-hydrogen) atoms. The standard InChI is InChI=1S/2C22H13F2N3O/c23-16-5-3-4-15(12-16)22-17-13-14(8-9-19(17)26-28-22)20-10-11-25-27(20)21-7-2-1-6-18(21)24;23-16-8-5-14(6-9-16)22-17-13-15(7-10-19(17)26-28-22)20-11-12-25-27(20)21-4-2-1-3-18(21)24/h2*1-13H. The van der Waals surface area contributed by atoms with Crippen molar-refractivity contribution in [3.8, 4) is 56.5 Å². The highest BCUT2D eigenvalue weighted by Crippen LogP contribution is 2.35. The number of halogens is 4. The number of fused-ring (bicyclic) bond motifs is 2. The van der Waals surface area contributed by atoms with Gasteiger partial charge in [-0.1, -0.05) is 58.8 Å². The van der Waals surface area contributed by atoms with Crippen molar-refractivity contribution in [2.75, 3.05) is 0 Å². The molecule has 0 saturated carbocycles. The van der Waals surface area contributed by atoms with Crippen LogP contribution in [0.25, 0.3) is 78.3 Å². The zero-order valence-electron chi connectivity index (χ0n) is 29.0. The summed E-state index contributed by atoms with van der Waals surface area (Å²) in [6, 6.07) is 40.0. The van der Waals surface area contributed by atoms with Gasteiger partial charge in [-0.15, -0.1) is 0 Å². The summed E-state index contributed by atoms with van der Waals surface area (Å²) in [6.45, 7) is 0. The molecule has 10 rings (SSSR count). The fraction of sp³-hybridized carbons (Fsp3) is 0. The Hall–Kier alpha value is -7.60. The second-order valence-corrected chi connectivity index (χ2v) is 12.7. The minimum absolute atomic E-state index is 0.318. The summed E-state index contributed by atoms with van der Waals surface area (Å²) in [6.07, 6.45) is 3.24. The average Bonchev–Trinajstić information content (AvgIpc) is 4.05. The molecule has 0 N–H and O–H groups in total. The van der Waals surface area contributed by atoms with E-state index >= 15 is 0 Å². The van der Waals surface area contributed by atoms with Gasteiger partial charge in [0, 0.05) is 22.3 Å². The van der Waals surface area contributed by atoms with Crippen LogP contribution in [0.1, 0.15) is 0 Å². The lowest BCUT2D eigenvalue weighted by Crippen LogP contribution is -2.01. The number of para-hydroxylation sites is 2. The maximum Gasteiger partial charge on any atom is 0.174 e. The third-order valence-electron chi connectivity index (χ3n) is 9.18. The van der Waals surface area contributed by atoms with Crippen molar-refractivity contribution in [1.29, 1.82) is 0 Å². The normalized spacial score (nSPS) is 11.2. The number of rotatable bonds is 6. The molecule has 0 aliphatic carbocycles. The molecule has 4 heterocycles. The van der Waals surface area contributed by atoms with Crippen molar-refractivity contribution in [2.24, 2.45) is 0 Å². The van der Waals surface area contributed by atoms with Gasteiger partial charge in [0.25, 0.3) is 0 Å². The van der Waals surface area contributed by atoms with Gasteiger partial charge in [0.2, 0.25) is 0 Å². The minimum atomic E-state index is -0.362. The lowest BCUT2D eigenvalue weighted by atomic mass is 10.0. The lowest BCUT2D eigenvalue weighted by molar-refractivity contribution is 0.440. The Kier molecular flexibility index (Phi) is 8.75. The maximum atomic E-state index is 14.3. The zero-order chi connectivity index (χ0) is 38.2. The van der Waals surface area contributed by atoms with Gasteiger partial charge in [0.15, 0.2) is 11.5 Å². The molecule has 0 radical (unpaired) electrons. The second-order valence-electron chi connectivity index (χ2n) is 12.7. The van der Waals surface area contributed by atoms with E-state index in [9.17, 15) is 17.6 Å². The van der Waals surface area contributed by atoms with E-state index < -0.39 is 0 Å². The van der Waals surface area contributed by atoms with Crippen LogP contribution in [0.3, 0.4) is 0 Å². The Morgan fingerprint density at radius 1 is 0.411 bits per heavy atom. The summed E-state index contributed by atoms with van der Waals surface area (Å²) in [5.74, 6) is -0.357. The average molecular weight is 747 g/mol. The van der Waals surface area contributed by atoms with Crippen LogP contribution >= 0.6 is 0 Å². The van der Waals surface area contributed by atoms with Crippen LogP contribution in [0.2, 0.25) is 0 Å². The topological polar surface area (TPSA) is 87.7 Å². The zero-order valence-corrected chi connectivity index (χ0v) is 29.0. The Balaban J connectivity index is 0.000000146.